The van der Waals surface area contributed by atoms with Crippen LogP contribution in [0.3, 0.4) is 0 Å². The smallest absolute Gasteiger partial charge is 0.259 e. The van der Waals surface area contributed by atoms with E-state index in [0.717, 1.165) is 4.90 Å². The summed E-state index contributed by atoms with van der Waals surface area (Å²) in [4.78, 5) is 5.31. The Morgan fingerprint density at radius 3 is 2.67 bits per heavy atom. The number of nitrogens with one attached hydrogen (secondary N) is 1. The lowest BCUT2D eigenvalue weighted by Gasteiger charge is -2.05. The molecule has 21 heavy (non-hydrogen) atoms. The third-order valence-electron chi connectivity index (χ3n) is 2.92. The van der Waals surface area contributed by atoms with Gasteiger partial charge in [0, 0.05) is 17.4 Å². The Balaban J connectivity index is 0.00000220. The molecule has 0 saturated carbocycles. The quantitative estimate of drug-likeness (QED) is 0.796. The van der Waals surface area contributed by atoms with Gasteiger partial charge in [-0.3, -0.25) is 0 Å². The zero-order chi connectivity index (χ0) is 14.7. The average molecular weight is 369 g/mol. The second-order valence-electron chi connectivity index (χ2n) is 4.38. The number of halogens is 3. The highest BCUT2D eigenvalue weighted by Gasteiger charge is 2.16. The molecule has 1 N–H and O–H groups in total. The van der Waals surface area contributed by atoms with E-state index in [-0.39, 0.29) is 18.4 Å². The van der Waals surface area contributed by atoms with E-state index in [0.29, 0.717) is 33.7 Å². The molecule has 2 rings (SSSR count). The van der Waals surface area contributed by atoms with Gasteiger partial charge in [0.25, 0.3) is 5.89 Å². The molecule has 4 nitrogen and oxygen atoms in total. The second-order valence-corrected chi connectivity index (χ2v) is 6.04. The van der Waals surface area contributed by atoms with Crippen LogP contribution >= 0.6 is 47.4 Å². The van der Waals surface area contributed by atoms with Gasteiger partial charge in [-0.1, -0.05) is 28.4 Å². The summed E-state index contributed by atoms with van der Waals surface area (Å²) in [6.07, 6.45) is 2.65. The van der Waals surface area contributed by atoms with Crippen molar-refractivity contribution < 1.29 is 4.52 Å². The van der Waals surface area contributed by atoms with Gasteiger partial charge in [0.1, 0.15) is 0 Å². The molecule has 1 unspecified atom stereocenters. The third-order valence-corrected chi connectivity index (χ3v) is 4.44. The molecule has 0 spiro atoms. The monoisotopic (exact) mass is 367 g/mol. The van der Waals surface area contributed by atoms with Gasteiger partial charge in [0.2, 0.25) is 0 Å². The minimum atomic E-state index is 0. The van der Waals surface area contributed by atoms with Crippen LogP contribution in [0.25, 0.3) is 11.5 Å². The highest BCUT2D eigenvalue weighted by Crippen LogP contribution is 2.35. The van der Waals surface area contributed by atoms with Crippen LogP contribution < -0.4 is 5.32 Å². The first-order valence-electron chi connectivity index (χ1n) is 6.08. The number of rotatable bonds is 5. The minimum absolute atomic E-state index is 0. The van der Waals surface area contributed by atoms with E-state index in [4.69, 9.17) is 27.7 Å². The first-order chi connectivity index (χ1) is 9.55. The molecule has 1 aromatic heterocycles. The largest absolute Gasteiger partial charge is 0.334 e. The van der Waals surface area contributed by atoms with Gasteiger partial charge in [-0.25, -0.2) is 0 Å². The number of benzene rings is 1. The molecular weight excluding hydrogens is 353 g/mol. The number of thioether (sulfide) groups is 1. The van der Waals surface area contributed by atoms with Crippen molar-refractivity contribution in [2.24, 2.45) is 0 Å². The van der Waals surface area contributed by atoms with Crippen molar-refractivity contribution in [1.29, 1.82) is 0 Å². The average Bonchev–Trinajstić information content (AvgIpc) is 2.87. The summed E-state index contributed by atoms with van der Waals surface area (Å²) in [5.74, 6) is 1.07. The Kier molecular flexibility index (Phi) is 7.30. The van der Waals surface area contributed by atoms with Crippen LogP contribution in [0.5, 0.6) is 0 Å². The van der Waals surface area contributed by atoms with Crippen molar-refractivity contribution >= 4 is 47.4 Å². The lowest BCUT2D eigenvalue weighted by atomic mass is 10.2. The van der Waals surface area contributed by atoms with Crippen molar-refractivity contribution in [3.8, 4) is 11.5 Å². The maximum Gasteiger partial charge on any atom is 0.259 e. The molecule has 1 atom stereocenters. The maximum absolute atomic E-state index is 6.20. The van der Waals surface area contributed by atoms with Crippen LogP contribution in [-0.4, -0.2) is 29.5 Å². The van der Waals surface area contributed by atoms with Gasteiger partial charge >= 0.3 is 0 Å². The molecule has 1 heterocycles. The zero-order valence-corrected chi connectivity index (χ0v) is 15.0. The molecule has 0 aliphatic heterocycles. The van der Waals surface area contributed by atoms with E-state index in [9.17, 15) is 0 Å². The molecule has 116 valence electrons. The summed E-state index contributed by atoms with van der Waals surface area (Å²) in [5.41, 5.74) is 0.705. The SMILES string of the molecule is CNC(C)Cc1noc(-c2cc(SC)c(Cl)cc2Cl)n1.Cl. The number of nitrogens with zero attached hydrogens (tertiary/aromatic N) is 2. The molecule has 0 aliphatic carbocycles. The van der Waals surface area contributed by atoms with E-state index in [2.05, 4.69) is 22.4 Å². The van der Waals surface area contributed by atoms with E-state index in [1.54, 1.807) is 17.8 Å². The first kappa shape index (κ1) is 18.6. The summed E-state index contributed by atoms with van der Waals surface area (Å²) in [5, 5.41) is 8.23. The van der Waals surface area contributed by atoms with Gasteiger partial charge in [0.15, 0.2) is 5.82 Å². The molecular formula is C13H16Cl3N3OS. The molecule has 0 fully saturated rings. The van der Waals surface area contributed by atoms with Crippen LogP contribution in [0, 0.1) is 0 Å². The van der Waals surface area contributed by atoms with Crippen LogP contribution in [-0.2, 0) is 6.42 Å². The molecule has 0 amide bonds. The lowest BCUT2D eigenvalue weighted by molar-refractivity contribution is 0.418. The molecule has 0 bridgehead atoms. The van der Waals surface area contributed by atoms with Crippen molar-refractivity contribution in [2.75, 3.05) is 13.3 Å². The van der Waals surface area contributed by atoms with Crippen LogP contribution in [0.15, 0.2) is 21.6 Å². The molecule has 0 saturated heterocycles. The number of aromatic nitrogens is 2. The number of hydrogen-bond acceptors (Lipinski definition) is 5. The van der Waals surface area contributed by atoms with Gasteiger partial charge in [-0.2, -0.15) is 4.98 Å². The fourth-order valence-electron chi connectivity index (χ4n) is 1.67. The second kappa shape index (κ2) is 8.25. The number of likely N-dealkylation sites (N-methyl/N-ethyl adjacent to an activating group) is 1. The van der Waals surface area contributed by atoms with Crippen molar-refractivity contribution in [3.63, 3.8) is 0 Å². The van der Waals surface area contributed by atoms with E-state index >= 15 is 0 Å². The zero-order valence-electron chi connectivity index (χ0n) is 11.8. The van der Waals surface area contributed by atoms with E-state index in [1.165, 1.54) is 0 Å². The minimum Gasteiger partial charge on any atom is -0.334 e. The molecule has 0 radical (unpaired) electrons. The number of hydrogen-bond donors (Lipinski definition) is 1. The molecule has 0 aliphatic rings. The van der Waals surface area contributed by atoms with Gasteiger partial charge in [-0.05, 0) is 32.4 Å². The standard InChI is InChI=1S/C13H15Cl2N3OS.ClH/c1-7(16-2)4-12-17-13(19-18-12)8-5-11(20-3)10(15)6-9(8)14;/h5-7,16H,4H2,1-3H3;1H. The summed E-state index contributed by atoms with van der Waals surface area (Å²) >= 11 is 13.8. The predicted molar refractivity (Wildman–Crippen MR) is 91.0 cm³/mol. The van der Waals surface area contributed by atoms with E-state index < -0.39 is 0 Å². The van der Waals surface area contributed by atoms with Crippen molar-refractivity contribution in [3.05, 3.63) is 28.0 Å². The topological polar surface area (TPSA) is 51.0 Å². The Hall–Kier alpha value is -0.460. The van der Waals surface area contributed by atoms with Gasteiger partial charge in [0.05, 0.1) is 15.6 Å². The Bertz CT molecular complexity index is 606. The van der Waals surface area contributed by atoms with Crippen LogP contribution in [0.4, 0.5) is 0 Å². The summed E-state index contributed by atoms with van der Waals surface area (Å²) in [6.45, 7) is 2.05. The third kappa shape index (κ3) is 4.50. The van der Waals surface area contributed by atoms with Gasteiger partial charge in [-0.15, -0.1) is 24.2 Å². The Labute approximate surface area is 144 Å². The highest BCUT2D eigenvalue weighted by molar-refractivity contribution is 7.98. The Morgan fingerprint density at radius 1 is 1.33 bits per heavy atom. The summed E-state index contributed by atoms with van der Waals surface area (Å²) < 4.78 is 5.29. The predicted octanol–water partition coefficient (Wildman–Crippen LogP) is 4.34. The van der Waals surface area contributed by atoms with Crippen molar-refractivity contribution in [1.82, 2.24) is 15.5 Å². The molecule has 8 heteroatoms. The van der Waals surface area contributed by atoms with Gasteiger partial charge < -0.3 is 9.84 Å². The lowest BCUT2D eigenvalue weighted by Crippen LogP contribution is -2.24. The first-order valence-corrected chi connectivity index (χ1v) is 8.06. The Morgan fingerprint density at radius 2 is 2.05 bits per heavy atom. The fourth-order valence-corrected chi connectivity index (χ4v) is 2.86. The maximum atomic E-state index is 6.20. The fraction of sp³-hybridized carbons (Fsp3) is 0.385. The van der Waals surface area contributed by atoms with Crippen molar-refractivity contribution in [2.45, 2.75) is 24.3 Å². The van der Waals surface area contributed by atoms with Crippen LogP contribution in [0.2, 0.25) is 10.0 Å². The molecule has 2 aromatic rings. The summed E-state index contributed by atoms with van der Waals surface area (Å²) in [6, 6.07) is 3.85. The van der Waals surface area contributed by atoms with Crippen LogP contribution in [0.1, 0.15) is 12.7 Å². The van der Waals surface area contributed by atoms with E-state index in [1.807, 2.05) is 19.4 Å². The normalized spacial score (nSPS) is 12.0. The highest BCUT2D eigenvalue weighted by atomic mass is 35.5. The summed E-state index contributed by atoms with van der Waals surface area (Å²) in [7, 11) is 1.90. The molecule has 1 aromatic carbocycles.